The van der Waals surface area contributed by atoms with Gasteiger partial charge in [0.05, 0.1) is 6.61 Å². The number of nitrogens with one attached hydrogen (secondary N) is 1. The molecule has 0 saturated heterocycles. The van der Waals surface area contributed by atoms with Gasteiger partial charge in [-0.15, -0.1) is 0 Å². The molecular weight excluding hydrogens is 264 g/mol. The predicted molar refractivity (Wildman–Crippen MR) is 85.7 cm³/mol. The quantitative estimate of drug-likeness (QED) is 0.817. The molecule has 2 unspecified atom stereocenters. The van der Waals surface area contributed by atoms with Crippen molar-refractivity contribution in [2.75, 3.05) is 25.1 Å². The van der Waals surface area contributed by atoms with Crippen molar-refractivity contribution in [1.29, 1.82) is 0 Å². The fourth-order valence-corrected chi connectivity index (χ4v) is 2.99. The first-order valence-corrected chi connectivity index (χ1v) is 7.85. The lowest BCUT2D eigenvalue weighted by atomic mass is 9.96. The van der Waals surface area contributed by atoms with E-state index in [9.17, 15) is 4.79 Å². The van der Waals surface area contributed by atoms with Crippen LogP contribution in [0.3, 0.4) is 0 Å². The Bertz CT molecular complexity index is 476. The number of esters is 1. The van der Waals surface area contributed by atoms with Crippen LogP contribution in [0.15, 0.2) is 24.3 Å². The molecule has 0 aliphatic carbocycles. The number of carbonyl (C=O) groups excluding carboxylic acids is 1. The molecule has 21 heavy (non-hydrogen) atoms. The van der Waals surface area contributed by atoms with Crippen molar-refractivity contribution in [3.63, 3.8) is 0 Å². The maximum absolute atomic E-state index is 11.9. The van der Waals surface area contributed by atoms with Gasteiger partial charge in [-0.25, -0.2) is 0 Å². The van der Waals surface area contributed by atoms with Gasteiger partial charge in [-0.1, -0.05) is 18.2 Å². The van der Waals surface area contributed by atoms with Gasteiger partial charge in [0.1, 0.15) is 6.04 Å². The summed E-state index contributed by atoms with van der Waals surface area (Å²) >= 11 is 0. The summed E-state index contributed by atoms with van der Waals surface area (Å²) in [5.74, 6) is -0.155. The molecule has 1 aromatic carbocycles. The van der Waals surface area contributed by atoms with E-state index in [4.69, 9.17) is 4.74 Å². The van der Waals surface area contributed by atoms with Crippen LogP contribution in [0.5, 0.6) is 0 Å². The van der Waals surface area contributed by atoms with Crippen molar-refractivity contribution < 1.29 is 9.53 Å². The maximum Gasteiger partial charge on any atom is 0.323 e. The number of anilines is 1. The summed E-state index contributed by atoms with van der Waals surface area (Å²) < 4.78 is 5.11. The third-order valence-electron chi connectivity index (χ3n) is 4.24. The molecule has 1 heterocycles. The summed E-state index contributed by atoms with van der Waals surface area (Å²) in [7, 11) is 1.81. The van der Waals surface area contributed by atoms with Crippen LogP contribution in [0.4, 0.5) is 5.69 Å². The number of aryl methyl sites for hydroxylation is 1. The zero-order valence-electron chi connectivity index (χ0n) is 13.3. The van der Waals surface area contributed by atoms with Gasteiger partial charge in [0.25, 0.3) is 0 Å². The molecular formula is C17H26N2O2. The van der Waals surface area contributed by atoms with Gasteiger partial charge in [0, 0.05) is 18.3 Å². The summed E-state index contributed by atoms with van der Waals surface area (Å²) in [6.45, 7) is 5.39. The van der Waals surface area contributed by atoms with Crippen LogP contribution in [-0.2, 0) is 16.0 Å². The molecule has 1 aliphatic rings. The Balaban J connectivity index is 2.03. The van der Waals surface area contributed by atoms with Gasteiger partial charge in [0.2, 0.25) is 0 Å². The van der Waals surface area contributed by atoms with Gasteiger partial charge in [-0.3, -0.25) is 4.79 Å². The van der Waals surface area contributed by atoms with Crippen molar-refractivity contribution >= 4 is 11.7 Å². The number of para-hydroxylation sites is 1. The van der Waals surface area contributed by atoms with E-state index in [0.29, 0.717) is 12.6 Å². The van der Waals surface area contributed by atoms with Crippen molar-refractivity contribution in [2.45, 2.75) is 45.2 Å². The van der Waals surface area contributed by atoms with E-state index in [1.54, 1.807) is 0 Å². The lowest BCUT2D eigenvalue weighted by Crippen LogP contribution is -2.43. The van der Waals surface area contributed by atoms with Crippen LogP contribution in [0.2, 0.25) is 0 Å². The number of hydrogen-bond acceptors (Lipinski definition) is 4. The number of carbonyl (C=O) groups is 1. The topological polar surface area (TPSA) is 41.6 Å². The lowest BCUT2D eigenvalue weighted by Gasteiger charge is -2.37. The van der Waals surface area contributed by atoms with Crippen LogP contribution in [0.25, 0.3) is 0 Å². The average Bonchev–Trinajstić information content (AvgIpc) is 2.50. The van der Waals surface area contributed by atoms with Crippen LogP contribution in [0.1, 0.15) is 32.3 Å². The number of ether oxygens (including phenoxy) is 1. The Morgan fingerprint density at radius 1 is 1.48 bits per heavy atom. The Morgan fingerprint density at radius 2 is 2.24 bits per heavy atom. The zero-order chi connectivity index (χ0) is 15.2. The third-order valence-corrected chi connectivity index (χ3v) is 4.24. The number of benzene rings is 1. The summed E-state index contributed by atoms with van der Waals surface area (Å²) in [5, 5.41) is 3.06. The molecule has 1 aromatic rings. The van der Waals surface area contributed by atoms with E-state index in [0.717, 1.165) is 19.4 Å². The second kappa shape index (κ2) is 7.46. The fourth-order valence-electron chi connectivity index (χ4n) is 2.99. The van der Waals surface area contributed by atoms with Crippen LogP contribution >= 0.6 is 0 Å². The SMILES string of the molecule is CCOC(=O)C(CCN1c2ccccc2CCC1C)NC. The number of rotatable bonds is 6. The van der Waals surface area contributed by atoms with E-state index < -0.39 is 0 Å². The van der Waals surface area contributed by atoms with Crippen molar-refractivity contribution in [1.82, 2.24) is 5.32 Å². The lowest BCUT2D eigenvalue weighted by molar-refractivity contribution is -0.145. The second-order valence-electron chi connectivity index (χ2n) is 5.59. The van der Waals surface area contributed by atoms with E-state index in [1.807, 2.05) is 14.0 Å². The number of likely N-dealkylation sites (N-methyl/N-ethyl adjacent to an activating group) is 1. The van der Waals surface area contributed by atoms with Crippen LogP contribution < -0.4 is 10.2 Å². The molecule has 0 amide bonds. The monoisotopic (exact) mass is 290 g/mol. The number of nitrogens with zero attached hydrogens (tertiary/aromatic N) is 1. The fraction of sp³-hybridized carbons (Fsp3) is 0.588. The average molecular weight is 290 g/mol. The van der Waals surface area contributed by atoms with Gasteiger partial charge in [-0.2, -0.15) is 0 Å². The molecule has 0 aromatic heterocycles. The maximum atomic E-state index is 11.9. The highest BCUT2D eigenvalue weighted by Gasteiger charge is 2.25. The molecule has 0 spiro atoms. The smallest absolute Gasteiger partial charge is 0.323 e. The molecule has 1 aliphatic heterocycles. The standard InChI is InChI=1S/C17H26N2O2/c1-4-21-17(20)15(18-3)11-12-19-13(2)9-10-14-7-5-6-8-16(14)19/h5-8,13,15,18H,4,9-12H2,1-3H3. The largest absolute Gasteiger partial charge is 0.465 e. The zero-order valence-corrected chi connectivity index (χ0v) is 13.3. The Kier molecular flexibility index (Phi) is 5.62. The van der Waals surface area contributed by atoms with Crippen LogP contribution in [0, 0.1) is 0 Å². The van der Waals surface area contributed by atoms with Gasteiger partial charge < -0.3 is 15.0 Å². The Morgan fingerprint density at radius 3 is 2.95 bits per heavy atom. The van der Waals surface area contributed by atoms with Gasteiger partial charge in [-0.05, 0) is 51.8 Å². The van der Waals surface area contributed by atoms with E-state index in [2.05, 4.69) is 41.4 Å². The molecule has 2 atom stereocenters. The molecule has 1 N–H and O–H groups in total. The Labute approximate surface area is 127 Å². The molecule has 4 heteroatoms. The minimum absolute atomic E-state index is 0.155. The predicted octanol–water partition coefficient (Wildman–Crippen LogP) is 2.37. The van der Waals surface area contributed by atoms with Crippen molar-refractivity contribution in [3.8, 4) is 0 Å². The normalized spacial score (nSPS) is 19.0. The summed E-state index contributed by atoms with van der Waals surface area (Å²) in [4.78, 5) is 14.3. The summed E-state index contributed by atoms with van der Waals surface area (Å²) in [5.41, 5.74) is 2.72. The molecule has 116 valence electrons. The Hall–Kier alpha value is -1.55. The number of fused-ring (bicyclic) bond motifs is 1. The first-order valence-electron chi connectivity index (χ1n) is 7.85. The molecule has 2 rings (SSSR count). The highest BCUT2D eigenvalue weighted by Crippen LogP contribution is 2.30. The van der Waals surface area contributed by atoms with Crippen molar-refractivity contribution in [2.24, 2.45) is 0 Å². The molecule has 0 saturated carbocycles. The van der Waals surface area contributed by atoms with E-state index in [1.165, 1.54) is 17.7 Å². The first-order chi connectivity index (χ1) is 10.2. The molecule has 0 bridgehead atoms. The van der Waals surface area contributed by atoms with Crippen LogP contribution in [-0.4, -0.2) is 38.3 Å². The second-order valence-corrected chi connectivity index (χ2v) is 5.59. The molecule has 0 fully saturated rings. The third kappa shape index (κ3) is 3.76. The number of hydrogen-bond donors (Lipinski definition) is 1. The molecule has 4 nitrogen and oxygen atoms in total. The van der Waals surface area contributed by atoms with Crippen molar-refractivity contribution in [3.05, 3.63) is 29.8 Å². The summed E-state index contributed by atoms with van der Waals surface area (Å²) in [6.07, 6.45) is 3.07. The van der Waals surface area contributed by atoms with Gasteiger partial charge in [0.15, 0.2) is 0 Å². The highest BCUT2D eigenvalue weighted by molar-refractivity contribution is 5.75. The summed E-state index contributed by atoms with van der Waals surface area (Å²) in [6, 6.07) is 8.86. The van der Waals surface area contributed by atoms with E-state index in [-0.39, 0.29) is 12.0 Å². The van der Waals surface area contributed by atoms with E-state index >= 15 is 0 Å². The van der Waals surface area contributed by atoms with Gasteiger partial charge >= 0.3 is 5.97 Å². The minimum Gasteiger partial charge on any atom is -0.465 e. The molecule has 0 radical (unpaired) electrons. The first kappa shape index (κ1) is 15.8. The highest BCUT2D eigenvalue weighted by atomic mass is 16.5. The minimum atomic E-state index is -0.230.